The summed E-state index contributed by atoms with van der Waals surface area (Å²) >= 11 is 0. The normalized spacial score (nSPS) is 12.5. The lowest BCUT2D eigenvalue weighted by atomic mass is 10.1. The number of sulfonamides is 1. The fraction of sp³-hybridized carbons (Fsp3) is 0.294. The van der Waals surface area contributed by atoms with Crippen molar-refractivity contribution < 1.29 is 22.6 Å². The SMILES string of the molecule is COc1ccc(S(=O)(=O)N[C@H](C)c2cc(OC)ccc2OC)cc1. The summed E-state index contributed by atoms with van der Waals surface area (Å²) in [5.41, 5.74) is 0.689. The topological polar surface area (TPSA) is 73.9 Å². The molecule has 0 spiro atoms. The number of nitrogens with one attached hydrogen (secondary N) is 1. The minimum absolute atomic E-state index is 0.164. The summed E-state index contributed by atoms with van der Waals surface area (Å²) in [6.45, 7) is 1.75. The first kappa shape index (κ1) is 18.1. The van der Waals surface area contributed by atoms with Crippen LogP contribution in [0.5, 0.6) is 17.2 Å². The lowest BCUT2D eigenvalue weighted by molar-refractivity contribution is 0.395. The Morgan fingerprint density at radius 2 is 1.46 bits per heavy atom. The summed E-state index contributed by atoms with van der Waals surface area (Å²) < 4.78 is 43.3. The molecule has 0 aliphatic heterocycles. The largest absolute Gasteiger partial charge is 0.497 e. The zero-order valence-corrected chi connectivity index (χ0v) is 14.9. The van der Waals surface area contributed by atoms with Crippen LogP contribution in [0, 0.1) is 0 Å². The average molecular weight is 351 g/mol. The van der Waals surface area contributed by atoms with Crippen LogP contribution in [0.2, 0.25) is 0 Å². The number of hydrogen-bond acceptors (Lipinski definition) is 5. The van der Waals surface area contributed by atoms with Gasteiger partial charge < -0.3 is 14.2 Å². The smallest absolute Gasteiger partial charge is 0.241 e. The first-order valence-electron chi connectivity index (χ1n) is 7.29. The Hall–Kier alpha value is -2.25. The quantitative estimate of drug-likeness (QED) is 0.830. The molecule has 0 aromatic heterocycles. The highest BCUT2D eigenvalue weighted by atomic mass is 32.2. The van der Waals surface area contributed by atoms with E-state index in [0.29, 0.717) is 22.8 Å². The van der Waals surface area contributed by atoms with Crippen molar-refractivity contribution in [3.05, 3.63) is 48.0 Å². The first-order chi connectivity index (χ1) is 11.4. The molecule has 0 fully saturated rings. The van der Waals surface area contributed by atoms with Crippen molar-refractivity contribution >= 4 is 10.0 Å². The second kappa shape index (κ2) is 7.55. The van der Waals surface area contributed by atoms with Gasteiger partial charge in [0.1, 0.15) is 17.2 Å². The van der Waals surface area contributed by atoms with E-state index >= 15 is 0 Å². The van der Waals surface area contributed by atoms with Crippen LogP contribution >= 0.6 is 0 Å². The lowest BCUT2D eigenvalue weighted by Crippen LogP contribution is -2.27. The first-order valence-corrected chi connectivity index (χ1v) is 8.78. The van der Waals surface area contributed by atoms with Gasteiger partial charge in [-0.3, -0.25) is 0 Å². The monoisotopic (exact) mass is 351 g/mol. The second-order valence-electron chi connectivity index (χ2n) is 5.13. The van der Waals surface area contributed by atoms with Gasteiger partial charge in [-0.1, -0.05) is 0 Å². The van der Waals surface area contributed by atoms with E-state index < -0.39 is 16.1 Å². The molecule has 6 nitrogen and oxygen atoms in total. The Labute approximate surface area is 142 Å². The summed E-state index contributed by atoms with van der Waals surface area (Å²) in [6.07, 6.45) is 0. The van der Waals surface area contributed by atoms with Crippen molar-refractivity contribution in [3.63, 3.8) is 0 Å². The predicted octanol–water partition coefficient (Wildman–Crippen LogP) is 2.75. The Kier molecular flexibility index (Phi) is 5.69. The van der Waals surface area contributed by atoms with Crippen LogP contribution in [0.3, 0.4) is 0 Å². The molecule has 1 N–H and O–H groups in total. The Morgan fingerprint density at radius 3 is 2.00 bits per heavy atom. The molecule has 0 unspecified atom stereocenters. The molecule has 0 radical (unpaired) electrons. The van der Waals surface area contributed by atoms with Crippen LogP contribution in [-0.2, 0) is 10.0 Å². The number of rotatable bonds is 7. The number of ether oxygens (including phenoxy) is 3. The molecule has 0 aliphatic rings. The molecule has 0 bridgehead atoms. The maximum absolute atomic E-state index is 12.5. The third kappa shape index (κ3) is 3.98. The molecule has 0 heterocycles. The van der Waals surface area contributed by atoms with Gasteiger partial charge in [0.05, 0.1) is 26.2 Å². The molecule has 2 aromatic carbocycles. The third-order valence-electron chi connectivity index (χ3n) is 3.61. The highest BCUT2D eigenvalue weighted by molar-refractivity contribution is 7.89. The van der Waals surface area contributed by atoms with Crippen molar-refractivity contribution in [2.75, 3.05) is 21.3 Å². The molecule has 0 amide bonds. The zero-order valence-electron chi connectivity index (χ0n) is 14.1. The molecular formula is C17H21NO5S. The van der Waals surface area contributed by atoms with Crippen LogP contribution in [-0.4, -0.2) is 29.7 Å². The predicted molar refractivity (Wildman–Crippen MR) is 91.3 cm³/mol. The van der Waals surface area contributed by atoms with Gasteiger partial charge in [0.15, 0.2) is 0 Å². The van der Waals surface area contributed by atoms with Gasteiger partial charge in [-0.05, 0) is 49.4 Å². The summed E-state index contributed by atoms with van der Waals surface area (Å²) in [5.74, 6) is 1.80. The van der Waals surface area contributed by atoms with Gasteiger partial charge in [0.2, 0.25) is 10.0 Å². The Morgan fingerprint density at radius 1 is 0.875 bits per heavy atom. The average Bonchev–Trinajstić information content (AvgIpc) is 2.60. The standard InChI is InChI=1S/C17H21NO5S/c1-12(16-11-14(22-3)7-10-17(16)23-4)18-24(19,20)15-8-5-13(21-2)6-9-15/h5-12,18H,1-4H3/t12-/m1/s1. The van der Waals surface area contributed by atoms with Crippen LogP contribution < -0.4 is 18.9 Å². The van der Waals surface area contributed by atoms with E-state index in [1.165, 1.54) is 26.4 Å². The maximum atomic E-state index is 12.5. The van der Waals surface area contributed by atoms with E-state index in [9.17, 15) is 8.42 Å². The van der Waals surface area contributed by atoms with Crippen molar-refractivity contribution in [1.82, 2.24) is 4.72 Å². The van der Waals surface area contributed by atoms with Gasteiger partial charge in [0, 0.05) is 11.6 Å². The summed E-state index contributed by atoms with van der Waals surface area (Å²) in [7, 11) is 0.939. The second-order valence-corrected chi connectivity index (χ2v) is 6.84. The van der Waals surface area contributed by atoms with Gasteiger partial charge in [-0.15, -0.1) is 0 Å². The minimum atomic E-state index is -3.68. The van der Waals surface area contributed by atoms with E-state index in [2.05, 4.69) is 4.72 Å². The minimum Gasteiger partial charge on any atom is -0.497 e. The van der Waals surface area contributed by atoms with Gasteiger partial charge in [0.25, 0.3) is 0 Å². The molecule has 1 atom stereocenters. The van der Waals surface area contributed by atoms with Gasteiger partial charge >= 0.3 is 0 Å². The molecule has 2 aromatic rings. The van der Waals surface area contributed by atoms with E-state index in [4.69, 9.17) is 14.2 Å². The molecule has 2 rings (SSSR count). The lowest BCUT2D eigenvalue weighted by Gasteiger charge is -2.18. The van der Waals surface area contributed by atoms with Crippen molar-refractivity contribution in [2.24, 2.45) is 0 Å². The molecule has 24 heavy (non-hydrogen) atoms. The van der Waals surface area contributed by atoms with Crippen LogP contribution in [0.1, 0.15) is 18.5 Å². The molecule has 0 saturated carbocycles. The maximum Gasteiger partial charge on any atom is 0.241 e. The summed E-state index contributed by atoms with van der Waals surface area (Å²) in [6, 6.07) is 10.9. The van der Waals surface area contributed by atoms with Crippen LogP contribution in [0.4, 0.5) is 0 Å². The van der Waals surface area contributed by atoms with Gasteiger partial charge in [-0.25, -0.2) is 13.1 Å². The van der Waals surface area contributed by atoms with Crippen molar-refractivity contribution in [1.29, 1.82) is 0 Å². The van der Waals surface area contributed by atoms with E-state index in [1.54, 1.807) is 44.4 Å². The number of hydrogen-bond donors (Lipinski definition) is 1. The third-order valence-corrected chi connectivity index (χ3v) is 5.16. The van der Waals surface area contributed by atoms with E-state index in [-0.39, 0.29) is 4.90 Å². The molecule has 0 aliphatic carbocycles. The highest BCUT2D eigenvalue weighted by Crippen LogP contribution is 2.30. The molecular weight excluding hydrogens is 330 g/mol. The van der Waals surface area contributed by atoms with Crippen molar-refractivity contribution in [3.8, 4) is 17.2 Å². The van der Waals surface area contributed by atoms with Crippen LogP contribution in [0.25, 0.3) is 0 Å². The zero-order chi connectivity index (χ0) is 17.7. The van der Waals surface area contributed by atoms with Crippen LogP contribution in [0.15, 0.2) is 47.4 Å². The Bertz CT molecular complexity index is 787. The van der Waals surface area contributed by atoms with Crippen molar-refractivity contribution in [2.45, 2.75) is 17.9 Å². The molecule has 0 saturated heterocycles. The van der Waals surface area contributed by atoms with E-state index in [0.717, 1.165) is 0 Å². The van der Waals surface area contributed by atoms with E-state index in [1.807, 2.05) is 0 Å². The fourth-order valence-electron chi connectivity index (χ4n) is 2.30. The highest BCUT2D eigenvalue weighted by Gasteiger charge is 2.21. The summed E-state index contributed by atoms with van der Waals surface area (Å²) in [5, 5.41) is 0. The summed E-state index contributed by atoms with van der Waals surface area (Å²) in [4.78, 5) is 0.164. The fourth-order valence-corrected chi connectivity index (χ4v) is 3.52. The molecule has 7 heteroatoms. The Balaban J connectivity index is 2.28. The molecule has 130 valence electrons. The van der Waals surface area contributed by atoms with Gasteiger partial charge in [-0.2, -0.15) is 0 Å². The number of benzene rings is 2. The number of methoxy groups -OCH3 is 3.